The number of halogens is 5. The van der Waals surface area contributed by atoms with E-state index in [4.69, 9.17) is 74.5 Å². The Morgan fingerprint density at radius 1 is 1.00 bits per heavy atom. The van der Waals surface area contributed by atoms with Gasteiger partial charge in [0.2, 0.25) is 0 Å². The van der Waals surface area contributed by atoms with Crippen LogP contribution in [0.25, 0.3) is 0 Å². The normalized spacial score (nSPS) is 20.1. The third-order valence-corrected chi connectivity index (χ3v) is 5.93. The molecule has 6 nitrogen and oxygen atoms in total. The maximum atomic E-state index is 8.15. The second kappa shape index (κ2) is 12.1. The summed E-state index contributed by atoms with van der Waals surface area (Å²) >= 11 is 25.8. The highest BCUT2D eigenvalue weighted by molar-refractivity contribution is 7.81. The Balaban J connectivity index is 0.000000302. The SMILES string of the molecule is Cl[Si](Cl)(Cl)Cl.Cl[Si]12OCCN1CCO2.OCCNCCO. The summed E-state index contributed by atoms with van der Waals surface area (Å²) < 4.78 is 12.7. The molecule has 3 N–H and O–H groups in total. The first-order valence-electron chi connectivity index (χ1n) is 6.13. The number of hydrogen-bond donors (Lipinski definition) is 3. The van der Waals surface area contributed by atoms with Crippen LogP contribution in [-0.2, 0) is 8.85 Å². The van der Waals surface area contributed by atoms with Crippen molar-refractivity contribution >= 4 is 68.7 Å². The fourth-order valence-corrected chi connectivity index (χ4v) is 4.27. The van der Waals surface area contributed by atoms with Crippen LogP contribution >= 0.6 is 55.4 Å². The Hall–Kier alpha value is 1.64. The Bertz CT molecular complexity index is 258. The van der Waals surface area contributed by atoms with E-state index >= 15 is 0 Å². The topological polar surface area (TPSA) is 74.2 Å². The van der Waals surface area contributed by atoms with Crippen molar-refractivity contribution in [1.82, 2.24) is 9.88 Å². The van der Waals surface area contributed by atoms with Crippen molar-refractivity contribution in [1.29, 1.82) is 0 Å². The highest BCUT2D eigenvalue weighted by Gasteiger charge is 2.52. The van der Waals surface area contributed by atoms with Gasteiger partial charge >= 0.3 is 13.3 Å². The molecule has 0 aliphatic carbocycles. The van der Waals surface area contributed by atoms with Gasteiger partial charge in [-0.1, -0.05) is 11.1 Å². The standard InChI is InChI=1S/C4H8ClNO2Si.C4H11NO2.Cl4Si/c5-9-6(1-3-7-9)2-4-8-9;6-3-1-5-2-4-7;1-5(2,3)4/h1-4H2;5-7H,1-4H2;. The molecule has 128 valence electrons. The van der Waals surface area contributed by atoms with Gasteiger partial charge in [0.1, 0.15) is 0 Å². The summed E-state index contributed by atoms with van der Waals surface area (Å²) in [5.41, 5.74) is 0. The lowest BCUT2D eigenvalue weighted by molar-refractivity contribution is 0.239. The van der Waals surface area contributed by atoms with E-state index in [9.17, 15) is 0 Å². The number of rotatable bonds is 4. The molecule has 0 aromatic heterocycles. The zero-order chi connectivity index (χ0) is 16.4. The summed E-state index contributed by atoms with van der Waals surface area (Å²) in [5.74, 6) is 0. The molecule has 0 saturated carbocycles. The quantitative estimate of drug-likeness (QED) is 0.344. The van der Waals surface area contributed by atoms with E-state index in [0.717, 1.165) is 26.3 Å². The Morgan fingerprint density at radius 2 is 1.38 bits per heavy atom. The largest absolute Gasteiger partial charge is 0.537 e. The first-order valence-corrected chi connectivity index (χ1v) is 14.9. The van der Waals surface area contributed by atoms with E-state index in [1.165, 1.54) is 0 Å². The highest BCUT2D eigenvalue weighted by Crippen LogP contribution is 2.27. The Kier molecular flexibility index (Phi) is 13.0. The molecule has 2 aliphatic heterocycles. The number of nitrogens with zero attached hydrogens (tertiary/aromatic N) is 1. The van der Waals surface area contributed by atoms with Crippen LogP contribution in [0.2, 0.25) is 0 Å². The van der Waals surface area contributed by atoms with Gasteiger partial charge in [-0.3, -0.25) is 4.57 Å². The van der Waals surface area contributed by atoms with Crippen molar-refractivity contribution in [3.8, 4) is 0 Å². The monoisotopic (exact) mass is 438 g/mol. The molecule has 0 bridgehead atoms. The van der Waals surface area contributed by atoms with Crippen LogP contribution in [0.3, 0.4) is 0 Å². The van der Waals surface area contributed by atoms with Crippen LogP contribution in [0.4, 0.5) is 0 Å². The first-order chi connectivity index (χ1) is 9.73. The average Bonchev–Trinajstić information content (AvgIpc) is 2.86. The molecule has 2 heterocycles. The summed E-state index contributed by atoms with van der Waals surface area (Å²) in [4.78, 5) is 0. The van der Waals surface area contributed by atoms with E-state index in [1.54, 1.807) is 0 Å². The molecule has 2 saturated heterocycles. The van der Waals surface area contributed by atoms with Crippen LogP contribution in [0.5, 0.6) is 0 Å². The van der Waals surface area contributed by atoms with Gasteiger partial charge in [0.05, 0.1) is 26.4 Å². The van der Waals surface area contributed by atoms with E-state index in [2.05, 4.69) is 9.88 Å². The van der Waals surface area contributed by atoms with Gasteiger partial charge in [-0.2, -0.15) is 0 Å². The van der Waals surface area contributed by atoms with Gasteiger partial charge in [-0.15, -0.1) is 44.3 Å². The molecule has 2 fully saturated rings. The average molecular weight is 441 g/mol. The molecule has 0 aromatic carbocycles. The molecule has 0 unspecified atom stereocenters. The highest BCUT2D eigenvalue weighted by atomic mass is 36.0. The van der Waals surface area contributed by atoms with Crippen LogP contribution in [0.1, 0.15) is 0 Å². The lowest BCUT2D eigenvalue weighted by Crippen LogP contribution is -2.41. The number of nitrogens with one attached hydrogen (secondary N) is 1. The fourth-order valence-electron chi connectivity index (χ4n) is 1.45. The minimum atomic E-state index is -2.72. The third kappa shape index (κ3) is 12.7. The second-order valence-corrected chi connectivity index (χ2v) is 18.6. The second-order valence-electron chi connectivity index (χ2n) is 3.81. The van der Waals surface area contributed by atoms with Gasteiger partial charge in [0, 0.05) is 26.2 Å². The van der Waals surface area contributed by atoms with Crippen molar-refractivity contribution < 1.29 is 19.1 Å². The van der Waals surface area contributed by atoms with Crippen molar-refractivity contribution in [3.05, 3.63) is 0 Å². The van der Waals surface area contributed by atoms with E-state index in [-0.39, 0.29) is 13.2 Å². The van der Waals surface area contributed by atoms with E-state index in [0.29, 0.717) is 13.1 Å². The Labute approximate surface area is 150 Å². The van der Waals surface area contributed by atoms with Crippen molar-refractivity contribution in [3.63, 3.8) is 0 Å². The maximum absolute atomic E-state index is 8.15. The molecule has 13 heteroatoms. The summed E-state index contributed by atoms with van der Waals surface area (Å²) in [6.45, 7) is 4.82. The zero-order valence-electron chi connectivity index (χ0n) is 11.2. The van der Waals surface area contributed by atoms with Gasteiger partial charge < -0.3 is 24.4 Å². The van der Waals surface area contributed by atoms with Gasteiger partial charge in [-0.25, -0.2) is 0 Å². The van der Waals surface area contributed by atoms with Gasteiger partial charge in [0.15, 0.2) is 0 Å². The lowest BCUT2D eigenvalue weighted by atomic mass is 10.6. The van der Waals surface area contributed by atoms with Crippen LogP contribution in [-0.4, -0.2) is 80.7 Å². The van der Waals surface area contributed by atoms with Gasteiger partial charge in [0.25, 0.3) is 0 Å². The van der Waals surface area contributed by atoms with Crippen molar-refractivity contribution in [2.75, 3.05) is 52.6 Å². The van der Waals surface area contributed by atoms with Gasteiger partial charge in [-0.05, 0) is 0 Å². The summed E-state index contributed by atoms with van der Waals surface area (Å²) in [6.07, 6.45) is 0. The van der Waals surface area contributed by atoms with Crippen LogP contribution in [0.15, 0.2) is 0 Å². The molecule has 2 rings (SSSR count). The predicted octanol–water partition coefficient (Wildman–Crippen LogP) is 0.961. The van der Waals surface area contributed by atoms with Crippen LogP contribution < -0.4 is 5.32 Å². The minimum Gasteiger partial charge on any atom is -0.395 e. The third-order valence-electron chi connectivity index (χ3n) is 2.24. The lowest BCUT2D eigenvalue weighted by Gasteiger charge is -2.14. The molecule has 21 heavy (non-hydrogen) atoms. The zero-order valence-corrected chi connectivity index (χ0v) is 17.0. The number of fused-ring (bicyclic) bond motifs is 1. The number of aliphatic hydroxyl groups excluding tert-OH is 2. The summed E-state index contributed by atoms with van der Waals surface area (Å²) in [6, 6.07) is 0. The molecule has 0 amide bonds. The predicted molar refractivity (Wildman–Crippen MR) is 91.3 cm³/mol. The number of aliphatic hydroxyl groups is 2. The molecule has 0 atom stereocenters. The maximum Gasteiger partial charge on any atom is 0.537 e. The van der Waals surface area contributed by atoms with E-state index in [1.807, 2.05) is 0 Å². The molecule has 2 aliphatic rings. The summed E-state index contributed by atoms with van der Waals surface area (Å²) in [5, 5.41) is 16.4. The van der Waals surface area contributed by atoms with Crippen LogP contribution in [0, 0.1) is 0 Å². The van der Waals surface area contributed by atoms with E-state index < -0.39 is 13.3 Å². The Morgan fingerprint density at radius 3 is 1.67 bits per heavy atom. The molecular weight excluding hydrogens is 422 g/mol. The fraction of sp³-hybridized carbons (Fsp3) is 1.00. The molecule has 0 radical (unpaired) electrons. The van der Waals surface area contributed by atoms with Crippen molar-refractivity contribution in [2.24, 2.45) is 0 Å². The number of hydrogen-bond acceptors (Lipinski definition) is 6. The molecule has 0 aromatic rings. The smallest absolute Gasteiger partial charge is 0.395 e. The molecule has 0 spiro atoms. The van der Waals surface area contributed by atoms with Crippen molar-refractivity contribution in [2.45, 2.75) is 0 Å². The first kappa shape index (κ1) is 22.6. The summed E-state index contributed by atoms with van der Waals surface area (Å²) in [7, 11) is -2.25. The molecular formula is C8H19Cl5N2O4Si2. The minimum absolute atomic E-state index is 0.139.